The lowest BCUT2D eigenvalue weighted by atomic mass is 10.1. The molecule has 2 N–H and O–H groups in total. The van der Waals surface area contributed by atoms with Crippen LogP contribution in [0.15, 0.2) is 102 Å². The number of amides is 2. The highest BCUT2D eigenvalue weighted by Crippen LogP contribution is 2.37. The number of anilines is 2. The van der Waals surface area contributed by atoms with Gasteiger partial charge in [-0.25, -0.2) is 0 Å². The first kappa shape index (κ1) is 26.6. The first-order valence-electron chi connectivity index (χ1n) is 11.8. The van der Waals surface area contributed by atoms with Gasteiger partial charge in [0.05, 0.1) is 21.3 Å². The maximum absolute atomic E-state index is 13.4. The van der Waals surface area contributed by atoms with Crippen molar-refractivity contribution in [3.63, 3.8) is 0 Å². The summed E-state index contributed by atoms with van der Waals surface area (Å²) in [5.74, 6) is 0.994. The van der Waals surface area contributed by atoms with Crippen LogP contribution < -0.4 is 24.8 Å². The predicted octanol–water partition coefficient (Wildman–Crippen LogP) is 6.44. The molecular weight excluding hydrogens is 500 g/mol. The number of carbonyl (C=O) groups excluding carboxylic acids is 2. The van der Waals surface area contributed by atoms with E-state index in [-0.39, 0.29) is 11.8 Å². The van der Waals surface area contributed by atoms with Crippen LogP contribution in [0.2, 0.25) is 0 Å². The van der Waals surface area contributed by atoms with Gasteiger partial charge in [-0.1, -0.05) is 42.5 Å². The molecule has 194 valence electrons. The lowest BCUT2D eigenvalue weighted by Crippen LogP contribution is -2.19. The summed E-state index contributed by atoms with van der Waals surface area (Å²) in [6, 6.07) is 29.3. The van der Waals surface area contributed by atoms with Crippen molar-refractivity contribution in [2.24, 2.45) is 0 Å². The molecule has 0 aliphatic rings. The SMILES string of the molecule is COc1cccc(NC(=O)C(Sc2ccc(NC(=O)c3c(OC)cccc3OC)cc2)c2ccccc2)c1. The molecule has 0 spiro atoms. The number of carbonyl (C=O) groups is 2. The Balaban J connectivity index is 1.51. The molecule has 38 heavy (non-hydrogen) atoms. The Morgan fingerprint density at radius 3 is 1.97 bits per heavy atom. The summed E-state index contributed by atoms with van der Waals surface area (Å²) < 4.78 is 16.0. The molecule has 7 nitrogen and oxygen atoms in total. The van der Waals surface area contributed by atoms with Gasteiger partial charge in [-0.2, -0.15) is 0 Å². The molecule has 0 radical (unpaired) electrons. The molecule has 8 heteroatoms. The van der Waals surface area contributed by atoms with Crippen molar-refractivity contribution in [2.75, 3.05) is 32.0 Å². The van der Waals surface area contributed by atoms with Crippen LogP contribution in [0, 0.1) is 0 Å². The molecule has 1 unspecified atom stereocenters. The quantitative estimate of drug-likeness (QED) is 0.231. The molecule has 0 bridgehead atoms. The van der Waals surface area contributed by atoms with Crippen LogP contribution in [-0.4, -0.2) is 33.1 Å². The minimum atomic E-state index is -0.499. The Labute approximate surface area is 226 Å². The average Bonchev–Trinajstić information content (AvgIpc) is 2.96. The average molecular weight is 529 g/mol. The highest BCUT2D eigenvalue weighted by molar-refractivity contribution is 8.00. The smallest absolute Gasteiger partial charge is 0.263 e. The van der Waals surface area contributed by atoms with Gasteiger partial charge in [0.2, 0.25) is 5.91 Å². The second-order valence-corrected chi connectivity index (χ2v) is 9.32. The summed E-state index contributed by atoms with van der Waals surface area (Å²) in [5.41, 5.74) is 2.44. The van der Waals surface area contributed by atoms with Crippen molar-refractivity contribution in [2.45, 2.75) is 10.1 Å². The Hall–Kier alpha value is -4.43. The van der Waals surface area contributed by atoms with Gasteiger partial charge >= 0.3 is 0 Å². The largest absolute Gasteiger partial charge is 0.497 e. The first-order valence-corrected chi connectivity index (χ1v) is 12.7. The van der Waals surface area contributed by atoms with E-state index >= 15 is 0 Å². The van der Waals surface area contributed by atoms with Gasteiger partial charge in [0.1, 0.15) is 28.1 Å². The molecule has 4 rings (SSSR count). The standard InChI is InChI=1S/C30H28N2O5S/c1-35-23-12-7-11-22(19-23)32-30(34)28(20-9-5-4-6-10-20)38-24-17-15-21(16-18-24)31-29(33)27-25(36-2)13-8-14-26(27)37-3/h4-19,28H,1-3H3,(H,31,33)(H,32,34). The summed E-state index contributed by atoms with van der Waals surface area (Å²) in [5, 5.41) is 5.38. The van der Waals surface area contributed by atoms with E-state index in [0.717, 1.165) is 10.5 Å². The lowest BCUT2D eigenvalue weighted by molar-refractivity contribution is -0.115. The molecule has 0 saturated heterocycles. The molecular formula is C30H28N2O5S. The van der Waals surface area contributed by atoms with E-state index in [0.29, 0.717) is 34.2 Å². The summed E-state index contributed by atoms with van der Waals surface area (Å²) in [7, 11) is 4.60. The summed E-state index contributed by atoms with van der Waals surface area (Å²) in [6.45, 7) is 0. The highest BCUT2D eigenvalue weighted by atomic mass is 32.2. The lowest BCUT2D eigenvalue weighted by Gasteiger charge is -2.18. The third-order valence-electron chi connectivity index (χ3n) is 5.70. The fourth-order valence-corrected chi connectivity index (χ4v) is 4.86. The molecule has 0 aliphatic carbocycles. The molecule has 4 aromatic rings. The number of nitrogens with one attached hydrogen (secondary N) is 2. The molecule has 0 heterocycles. The minimum absolute atomic E-state index is 0.157. The maximum Gasteiger partial charge on any atom is 0.263 e. The molecule has 0 saturated carbocycles. The van der Waals surface area contributed by atoms with Crippen LogP contribution in [0.1, 0.15) is 21.2 Å². The molecule has 0 aliphatic heterocycles. The van der Waals surface area contributed by atoms with Crippen LogP contribution in [0.3, 0.4) is 0 Å². The van der Waals surface area contributed by atoms with Gasteiger partial charge in [0.15, 0.2) is 0 Å². The monoisotopic (exact) mass is 528 g/mol. The van der Waals surface area contributed by atoms with Crippen molar-refractivity contribution >= 4 is 35.0 Å². The first-order chi connectivity index (χ1) is 18.5. The Bertz CT molecular complexity index is 1370. The topological polar surface area (TPSA) is 85.9 Å². The molecule has 4 aromatic carbocycles. The number of thioether (sulfide) groups is 1. The zero-order valence-electron chi connectivity index (χ0n) is 21.3. The van der Waals surface area contributed by atoms with Crippen molar-refractivity contribution in [3.8, 4) is 17.2 Å². The van der Waals surface area contributed by atoms with Crippen LogP contribution in [0.5, 0.6) is 17.2 Å². The number of methoxy groups -OCH3 is 3. The summed E-state index contributed by atoms with van der Waals surface area (Å²) in [4.78, 5) is 27.2. The normalized spacial score (nSPS) is 11.2. The van der Waals surface area contributed by atoms with E-state index in [1.807, 2.05) is 60.7 Å². The summed E-state index contributed by atoms with van der Waals surface area (Å²) in [6.07, 6.45) is 0. The number of benzene rings is 4. The highest BCUT2D eigenvalue weighted by Gasteiger charge is 2.23. The van der Waals surface area contributed by atoms with Crippen molar-refractivity contribution in [3.05, 3.63) is 108 Å². The molecule has 0 fully saturated rings. The maximum atomic E-state index is 13.4. The zero-order chi connectivity index (χ0) is 26.9. The molecule has 2 amide bonds. The molecule has 0 aromatic heterocycles. The van der Waals surface area contributed by atoms with Crippen LogP contribution >= 0.6 is 11.8 Å². The van der Waals surface area contributed by atoms with Crippen molar-refractivity contribution < 1.29 is 23.8 Å². The summed E-state index contributed by atoms with van der Waals surface area (Å²) >= 11 is 1.42. The second-order valence-electron chi connectivity index (χ2n) is 8.15. The van der Waals surface area contributed by atoms with Gasteiger partial charge in [0.25, 0.3) is 5.91 Å². The number of rotatable bonds is 10. The number of hydrogen-bond acceptors (Lipinski definition) is 6. The Kier molecular flexibility index (Phi) is 8.89. The van der Waals surface area contributed by atoms with Gasteiger partial charge in [0, 0.05) is 22.3 Å². The van der Waals surface area contributed by atoms with Crippen molar-refractivity contribution in [1.82, 2.24) is 0 Å². The van der Waals surface area contributed by atoms with Gasteiger partial charge < -0.3 is 24.8 Å². The van der Waals surface area contributed by atoms with E-state index in [2.05, 4.69) is 10.6 Å². The fraction of sp³-hybridized carbons (Fsp3) is 0.133. The van der Waals surface area contributed by atoms with E-state index < -0.39 is 5.25 Å². The van der Waals surface area contributed by atoms with Crippen LogP contribution in [-0.2, 0) is 4.79 Å². The van der Waals surface area contributed by atoms with Gasteiger partial charge in [-0.3, -0.25) is 9.59 Å². The number of hydrogen-bond donors (Lipinski definition) is 2. The number of ether oxygens (including phenoxy) is 3. The van der Waals surface area contributed by atoms with E-state index in [4.69, 9.17) is 14.2 Å². The minimum Gasteiger partial charge on any atom is -0.497 e. The third-order valence-corrected chi connectivity index (χ3v) is 6.97. The van der Waals surface area contributed by atoms with E-state index in [1.54, 1.807) is 43.5 Å². The van der Waals surface area contributed by atoms with Crippen LogP contribution in [0.4, 0.5) is 11.4 Å². The zero-order valence-corrected chi connectivity index (χ0v) is 22.1. The van der Waals surface area contributed by atoms with E-state index in [1.165, 1.54) is 26.0 Å². The third kappa shape index (κ3) is 6.46. The van der Waals surface area contributed by atoms with Gasteiger partial charge in [-0.05, 0) is 54.1 Å². The Morgan fingerprint density at radius 2 is 1.34 bits per heavy atom. The molecule has 1 atom stereocenters. The van der Waals surface area contributed by atoms with Crippen LogP contribution in [0.25, 0.3) is 0 Å². The van der Waals surface area contributed by atoms with Crippen molar-refractivity contribution in [1.29, 1.82) is 0 Å². The fourth-order valence-electron chi connectivity index (χ4n) is 3.83. The Morgan fingerprint density at radius 1 is 0.684 bits per heavy atom. The second kappa shape index (κ2) is 12.7. The predicted molar refractivity (Wildman–Crippen MR) is 151 cm³/mol. The van der Waals surface area contributed by atoms with Gasteiger partial charge in [-0.15, -0.1) is 11.8 Å². The van der Waals surface area contributed by atoms with E-state index in [9.17, 15) is 9.59 Å².